The molecule has 0 aliphatic heterocycles. The van der Waals surface area contributed by atoms with Crippen LogP contribution in [0.1, 0.15) is 17.4 Å². The molecule has 1 heterocycles. The van der Waals surface area contributed by atoms with Crippen LogP contribution >= 0.6 is 27.3 Å². The van der Waals surface area contributed by atoms with Crippen LogP contribution in [0.5, 0.6) is 0 Å². The third-order valence-electron chi connectivity index (χ3n) is 2.73. The predicted octanol–water partition coefficient (Wildman–Crippen LogP) is 4.21. The molecule has 4 heteroatoms. The Hall–Kier alpha value is -0.680. The van der Waals surface area contributed by atoms with Crippen molar-refractivity contribution in [3.05, 3.63) is 56.7 Å². The monoisotopic (exact) mass is 339 g/mol. The molecule has 0 spiro atoms. The zero-order valence-electron chi connectivity index (χ0n) is 10.9. The summed E-state index contributed by atoms with van der Waals surface area (Å²) in [5, 5.41) is 5.51. The second kappa shape index (κ2) is 7.80. The van der Waals surface area contributed by atoms with Gasteiger partial charge in [0.15, 0.2) is 0 Å². The van der Waals surface area contributed by atoms with Gasteiger partial charge in [-0.1, -0.05) is 34.1 Å². The maximum absolute atomic E-state index is 5.82. The van der Waals surface area contributed by atoms with Crippen LogP contribution in [0.25, 0.3) is 0 Å². The van der Waals surface area contributed by atoms with Gasteiger partial charge in [0.1, 0.15) is 0 Å². The zero-order valence-corrected chi connectivity index (χ0v) is 13.3. The van der Waals surface area contributed by atoms with Crippen molar-refractivity contribution in [3.8, 4) is 0 Å². The molecule has 0 bridgehead atoms. The van der Waals surface area contributed by atoms with Crippen molar-refractivity contribution in [1.82, 2.24) is 5.32 Å². The summed E-state index contributed by atoms with van der Waals surface area (Å²) in [5.74, 6) is 0. The van der Waals surface area contributed by atoms with Gasteiger partial charge >= 0.3 is 0 Å². The van der Waals surface area contributed by atoms with E-state index in [1.165, 1.54) is 10.4 Å². The van der Waals surface area contributed by atoms with E-state index in [1.54, 1.807) is 11.3 Å². The van der Waals surface area contributed by atoms with Gasteiger partial charge in [0.05, 0.1) is 12.7 Å². The fourth-order valence-electron chi connectivity index (χ4n) is 1.74. The highest BCUT2D eigenvalue weighted by molar-refractivity contribution is 9.10. The lowest BCUT2D eigenvalue weighted by atomic mass is 10.2. The molecule has 0 saturated carbocycles. The highest BCUT2D eigenvalue weighted by Crippen LogP contribution is 2.13. The Kier molecular flexibility index (Phi) is 6.04. The normalized spacial score (nSPS) is 12.5. The molecule has 2 rings (SSSR count). The van der Waals surface area contributed by atoms with Crippen LogP contribution < -0.4 is 5.32 Å². The first-order chi connectivity index (χ1) is 9.24. The van der Waals surface area contributed by atoms with E-state index in [4.69, 9.17) is 4.74 Å². The number of hydrogen-bond donors (Lipinski definition) is 1. The maximum Gasteiger partial charge on any atom is 0.0721 e. The Bertz CT molecular complexity index is 487. The highest BCUT2D eigenvalue weighted by Gasteiger charge is 2.03. The standard InChI is InChI=1S/C15H18BrNOS/c1-12(9-17-10-15-6-3-7-19-15)18-11-13-4-2-5-14(16)8-13/h2-8,12,17H,9-11H2,1H3. The number of benzene rings is 1. The van der Waals surface area contributed by atoms with Crippen molar-refractivity contribution in [3.63, 3.8) is 0 Å². The number of halogens is 1. The minimum atomic E-state index is 0.207. The van der Waals surface area contributed by atoms with Crippen LogP contribution in [0.2, 0.25) is 0 Å². The SMILES string of the molecule is CC(CNCc1cccs1)OCc1cccc(Br)c1. The quantitative estimate of drug-likeness (QED) is 0.815. The smallest absolute Gasteiger partial charge is 0.0721 e. The summed E-state index contributed by atoms with van der Waals surface area (Å²) in [5.41, 5.74) is 1.19. The van der Waals surface area contributed by atoms with E-state index in [9.17, 15) is 0 Å². The molecule has 1 N–H and O–H groups in total. The van der Waals surface area contributed by atoms with Crippen LogP contribution in [-0.4, -0.2) is 12.6 Å². The maximum atomic E-state index is 5.82. The molecule has 0 radical (unpaired) electrons. The number of thiophene rings is 1. The molecular formula is C15H18BrNOS. The van der Waals surface area contributed by atoms with Crippen LogP contribution in [-0.2, 0) is 17.9 Å². The van der Waals surface area contributed by atoms with E-state index in [1.807, 2.05) is 12.1 Å². The van der Waals surface area contributed by atoms with Gasteiger partial charge in [-0.15, -0.1) is 11.3 Å². The molecule has 1 unspecified atom stereocenters. The average Bonchev–Trinajstić information content (AvgIpc) is 2.90. The van der Waals surface area contributed by atoms with Crippen LogP contribution in [0, 0.1) is 0 Å². The molecule has 2 aromatic rings. The van der Waals surface area contributed by atoms with E-state index in [2.05, 4.69) is 57.8 Å². The molecule has 19 heavy (non-hydrogen) atoms. The van der Waals surface area contributed by atoms with Gasteiger partial charge in [-0.25, -0.2) is 0 Å². The fourth-order valence-corrected chi connectivity index (χ4v) is 2.86. The largest absolute Gasteiger partial charge is 0.373 e. The lowest BCUT2D eigenvalue weighted by Crippen LogP contribution is -2.26. The van der Waals surface area contributed by atoms with Crippen LogP contribution in [0.15, 0.2) is 46.3 Å². The van der Waals surface area contributed by atoms with Gasteiger partial charge in [0.2, 0.25) is 0 Å². The molecule has 0 aliphatic rings. The minimum absolute atomic E-state index is 0.207. The molecule has 1 atom stereocenters. The minimum Gasteiger partial charge on any atom is -0.373 e. The van der Waals surface area contributed by atoms with Gasteiger partial charge in [0.25, 0.3) is 0 Å². The molecule has 102 valence electrons. The lowest BCUT2D eigenvalue weighted by Gasteiger charge is -2.14. The molecule has 1 aromatic heterocycles. The van der Waals surface area contributed by atoms with Crippen molar-refractivity contribution in [2.24, 2.45) is 0 Å². The Morgan fingerprint density at radius 3 is 2.95 bits per heavy atom. The number of rotatable bonds is 7. The van der Waals surface area contributed by atoms with E-state index in [-0.39, 0.29) is 6.10 Å². The summed E-state index contributed by atoms with van der Waals surface area (Å²) in [4.78, 5) is 1.36. The average molecular weight is 340 g/mol. The van der Waals surface area contributed by atoms with Crippen molar-refractivity contribution < 1.29 is 4.74 Å². The Morgan fingerprint density at radius 2 is 2.21 bits per heavy atom. The van der Waals surface area contributed by atoms with Gasteiger partial charge < -0.3 is 10.1 Å². The topological polar surface area (TPSA) is 21.3 Å². The Labute approximate surface area is 126 Å². The molecule has 0 amide bonds. The number of ether oxygens (including phenoxy) is 1. The Balaban J connectivity index is 1.65. The van der Waals surface area contributed by atoms with E-state index in [0.29, 0.717) is 6.61 Å². The van der Waals surface area contributed by atoms with Crippen molar-refractivity contribution in [2.45, 2.75) is 26.2 Å². The molecule has 0 saturated heterocycles. The lowest BCUT2D eigenvalue weighted by molar-refractivity contribution is 0.0530. The predicted molar refractivity (Wildman–Crippen MR) is 84.4 cm³/mol. The van der Waals surface area contributed by atoms with Gasteiger partial charge in [-0.05, 0) is 36.1 Å². The highest BCUT2D eigenvalue weighted by atomic mass is 79.9. The molecule has 2 nitrogen and oxygen atoms in total. The molecular weight excluding hydrogens is 322 g/mol. The van der Waals surface area contributed by atoms with Crippen molar-refractivity contribution >= 4 is 27.3 Å². The van der Waals surface area contributed by atoms with Crippen LogP contribution in [0.4, 0.5) is 0 Å². The van der Waals surface area contributed by atoms with Gasteiger partial charge in [0, 0.05) is 22.4 Å². The van der Waals surface area contributed by atoms with Gasteiger partial charge in [-0.3, -0.25) is 0 Å². The van der Waals surface area contributed by atoms with E-state index < -0.39 is 0 Å². The molecule has 1 aromatic carbocycles. The zero-order chi connectivity index (χ0) is 13.5. The van der Waals surface area contributed by atoms with Crippen molar-refractivity contribution in [1.29, 1.82) is 0 Å². The second-order valence-corrected chi connectivity index (χ2v) is 6.41. The summed E-state index contributed by atoms with van der Waals surface area (Å²) >= 11 is 5.24. The number of hydrogen-bond acceptors (Lipinski definition) is 3. The first-order valence-electron chi connectivity index (χ1n) is 6.33. The summed E-state index contributed by atoms with van der Waals surface area (Å²) in [7, 11) is 0. The third kappa shape index (κ3) is 5.45. The molecule has 0 fully saturated rings. The molecule has 0 aliphatic carbocycles. The first kappa shape index (κ1) is 14.7. The van der Waals surface area contributed by atoms with Gasteiger partial charge in [-0.2, -0.15) is 0 Å². The third-order valence-corrected chi connectivity index (χ3v) is 4.10. The Morgan fingerprint density at radius 1 is 1.32 bits per heavy atom. The summed E-state index contributed by atoms with van der Waals surface area (Å²) in [6.07, 6.45) is 0.207. The van der Waals surface area contributed by atoms with Crippen molar-refractivity contribution in [2.75, 3.05) is 6.54 Å². The summed E-state index contributed by atoms with van der Waals surface area (Å²) in [6, 6.07) is 12.4. The second-order valence-electron chi connectivity index (χ2n) is 4.46. The first-order valence-corrected chi connectivity index (χ1v) is 8.00. The fraction of sp³-hybridized carbons (Fsp3) is 0.333. The summed E-state index contributed by atoms with van der Waals surface area (Å²) < 4.78 is 6.92. The van der Waals surface area contributed by atoms with E-state index in [0.717, 1.165) is 17.6 Å². The van der Waals surface area contributed by atoms with E-state index >= 15 is 0 Å². The van der Waals surface area contributed by atoms with Crippen LogP contribution in [0.3, 0.4) is 0 Å². The number of nitrogens with one attached hydrogen (secondary N) is 1. The summed E-state index contributed by atoms with van der Waals surface area (Å²) in [6.45, 7) is 4.54.